The van der Waals surface area contributed by atoms with E-state index in [0.29, 0.717) is 0 Å². The maximum atomic E-state index is 9.76. The van der Waals surface area contributed by atoms with Crippen LogP contribution in [0.15, 0.2) is 0 Å². The first-order valence-electron chi connectivity index (χ1n) is 4.20. The number of hydroxylamine groups is 4. The lowest BCUT2D eigenvalue weighted by Gasteiger charge is -2.33. The van der Waals surface area contributed by atoms with Crippen molar-refractivity contribution in [3.05, 3.63) is 0 Å². The van der Waals surface area contributed by atoms with Crippen LogP contribution in [0.2, 0.25) is 0 Å². The smallest absolute Gasteiger partial charge is 0.116 e. The monoisotopic (exact) mass is 174 g/mol. The predicted octanol–water partition coefficient (Wildman–Crippen LogP) is 1.29. The SMILES string of the molecule is C[C@H]1N(O)C(C)(C)N(O)C1(C)C. The van der Waals surface area contributed by atoms with Gasteiger partial charge < -0.3 is 10.4 Å². The van der Waals surface area contributed by atoms with Gasteiger partial charge in [0.15, 0.2) is 0 Å². The van der Waals surface area contributed by atoms with Gasteiger partial charge in [0, 0.05) is 0 Å². The molecule has 1 fully saturated rings. The molecule has 0 unspecified atom stereocenters. The molecular formula is C8H18N2O2. The van der Waals surface area contributed by atoms with Crippen LogP contribution in [0.4, 0.5) is 0 Å². The van der Waals surface area contributed by atoms with Crippen LogP contribution < -0.4 is 0 Å². The topological polar surface area (TPSA) is 46.9 Å². The van der Waals surface area contributed by atoms with Crippen LogP contribution in [0.5, 0.6) is 0 Å². The van der Waals surface area contributed by atoms with Crippen LogP contribution in [0.3, 0.4) is 0 Å². The van der Waals surface area contributed by atoms with E-state index in [9.17, 15) is 10.4 Å². The Balaban J connectivity index is 3.03. The zero-order chi connectivity index (χ0) is 9.73. The van der Waals surface area contributed by atoms with E-state index in [1.807, 2.05) is 20.8 Å². The highest BCUT2D eigenvalue weighted by atomic mass is 16.6. The molecule has 1 heterocycles. The predicted molar refractivity (Wildman–Crippen MR) is 44.9 cm³/mol. The van der Waals surface area contributed by atoms with Crippen LogP contribution in [0, 0.1) is 0 Å². The summed E-state index contributed by atoms with van der Waals surface area (Å²) in [5.41, 5.74) is -1.12. The van der Waals surface area contributed by atoms with E-state index in [4.69, 9.17) is 0 Å². The minimum atomic E-state index is -0.705. The molecule has 1 aliphatic heterocycles. The zero-order valence-electron chi connectivity index (χ0n) is 8.37. The molecule has 0 aromatic rings. The summed E-state index contributed by atoms with van der Waals surface area (Å²) < 4.78 is 0. The minimum Gasteiger partial charge on any atom is -0.312 e. The quantitative estimate of drug-likeness (QED) is 0.581. The Labute approximate surface area is 73.3 Å². The van der Waals surface area contributed by atoms with Gasteiger partial charge in [0.25, 0.3) is 0 Å². The fourth-order valence-electron chi connectivity index (χ4n) is 1.75. The van der Waals surface area contributed by atoms with Gasteiger partial charge in [-0.15, -0.1) is 0 Å². The Kier molecular flexibility index (Phi) is 2.00. The lowest BCUT2D eigenvalue weighted by molar-refractivity contribution is -0.259. The standard InChI is InChI=1S/C8H18N2O2/c1-6-7(2,3)10(12)8(4,5)9(6)11/h6,11-12H,1-5H3/t6-/m1/s1. The second-order valence-corrected chi connectivity index (χ2v) is 4.48. The highest BCUT2D eigenvalue weighted by molar-refractivity contribution is 5.00. The lowest BCUT2D eigenvalue weighted by Crippen LogP contribution is -2.49. The molecule has 4 nitrogen and oxygen atoms in total. The van der Waals surface area contributed by atoms with E-state index in [0.717, 1.165) is 0 Å². The van der Waals surface area contributed by atoms with Gasteiger partial charge in [-0.2, -0.15) is 10.1 Å². The van der Waals surface area contributed by atoms with Gasteiger partial charge in [-0.3, -0.25) is 0 Å². The zero-order valence-corrected chi connectivity index (χ0v) is 8.37. The molecule has 2 N–H and O–H groups in total. The molecule has 4 heteroatoms. The number of nitrogens with zero attached hydrogens (tertiary/aromatic N) is 2. The van der Waals surface area contributed by atoms with E-state index >= 15 is 0 Å². The van der Waals surface area contributed by atoms with Crippen molar-refractivity contribution < 1.29 is 10.4 Å². The fraction of sp³-hybridized carbons (Fsp3) is 1.00. The lowest BCUT2D eigenvalue weighted by atomic mass is 9.98. The van der Waals surface area contributed by atoms with Crippen molar-refractivity contribution in [1.82, 2.24) is 10.1 Å². The van der Waals surface area contributed by atoms with Crippen molar-refractivity contribution in [3.63, 3.8) is 0 Å². The van der Waals surface area contributed by atoms with Gasteiger partial charge in [0.1, 0.15) is 5.66 Å². The van der Waals surface area contributed by atoms with Gasteiger partial charge >= 0.3 is 0 Å². The Morgan fingerprint density at radius 1 is 1.08 bits per heavy atom. The largest absolute Gasteiger partial charge is 0.312 e. The number of hydrogen-bond donors (Lipinski definition) is 2. The molecule has 12 heavy (non-hydrogen) atoms. The van der Waals surface area contributed by atoms with Crippen LogP contribution in [-0.2, 0) is 0 Å². The molecule has 0 aromatic heterocycles. The summed E-state index contributed by atoms with van der Waals surface area (Å²) in [7, 11) is 0. The van der Waals surface area contributed by atoms with Crippen molar-refractivity contribution in [2.24, 2.45) is 0 Å². The molecule has 1 aliphatic rings. The molecule has 0 bridgehead atoms. The second kappa shape index (κ2) is 2.42. The number of hydrogen-bond acceptors (Lipinski definition) is 4. The Bertz CT molecular complexity index is 171. The normalized spacial score (nSPS) is 35.8. The molecular weight excluding hydrogens is 156 g/mol. The van der Waals surface area contributed by atoms with E-state index in [-0.39, 0.29) is 6.04 Å². The second-order valence-electron chi connectivity index (χ2n) is 4.48. The first-order chi connectivity index (χ1) is 5.22. The van der Waals surface area contributed by atoms with Crippen molar-refractivity contribution in [3.8, 4) is 0 Å². The first-order valence-corrected chi connectivity index (χ1v) is 4.20. The third-order valence-corrected chi connectivity index (χ3v) is 3.01. The van der Waals surface area contributed by atoms with E-state index in [1.54, 1.807) is 13.8 Å². The van der Waals surface area contributed by atoms with E-state index in [1.165, 1.54) is 10.1 Å². The van der Waals surface area contributed by atoms with Gasteiger partial charge in [-0.25, -0.2) is 0 Å². The van der Waals surface area contributed by atoms with E-state index < -0.39 is 11.2 Å². The maximum absolute atomic E-state index is 9.76. The van der Waals surface area contributed by atoms with Crippen molar-refractivity contribution in [2.45, 2.75) is 51.9 Å². The Morgan fingerprint density at radius 3 is 1.58 bits per heavy atom. The third-order valence-electron chi connectivity index (χ3n) is 3.01. The molecule has 0 aliphatic carbocycles. The first kappa shape index (κ1) is 9.92. The minimum absolute atomic E-state index is 0.0856. The van der Waals surface area contributed by atoms with Crippen LogP contribution in [0.1, 0.15) is 34.6 Å². The van der Waals surface area contributed by atoms with Crippen LogP contribution >= 0.6 is 0 Å². The molecule has 72 valence electrons. The summed E-state index contributed by atoms with van der Waals surface area (Å²) in [6, 6.07) is -0.0856. The fourth-order valence-corrected chi connectivity index (χ4v) is 1.75. The molecule has 1 saturated heterocycles. The Hall–Kier alpha value is -0.160. The number of rotatable bonds is 0. The summed E-state index contributed by atoms with van der Waals surface area (Å²) in [4.78, 5) is 0. The molecule has 0 saturated carbocycles. The van der Waals surface area contributed by atoms with Gasteiger partial charge in [-0.1, -0.05) is 0 Å². The maximum Gasteiger partial charge on any atom is 0.116 e. The highest BCUT2D eigenvalue weighted by Gasteiger charge is 2.54. The summed E-state index contributed by atoms with van der Waals surface area (Å²) >= 11 is 0. The molecule has 1 atom stereocenters. The van der Waals surface area contributed by atoms with Crippen LogP contribution in [-0.4, -0.2) is 37.8 Å². The van der Waals surface area contributed by atoms with Gasteiger partial charge in [0.2, 0.25) is 0 Å². The molecule has 0 radical (unpaired) electrons. The molecule has 0 aromatic carbocycles. The average Bonchev–Trinajstić information content (AvgIpc) is 2.06. The molecule has 1 rings (SSSR count). The summed E-state index contributed by atoms with van der Waals surface area (Å²) in [6.07, 6.45) is 0. The highest BCUT2D eigenvalue weighted by Crippen LogP contribution is 2.38. The van der Waals surface area contributed by atoms with Crippen molar-refractivity contribution >= 4 is 0 Å². The van der Waals surface area contributed by atoms with Gasteiger partial charge in [0.05, 0.1) is 11.6 Å². The summed E-state index contributed by atoms with van der Waals surface area (Å²) in [5.74, 6) is 0. The Morgan fingerprint density at radius 2 is 1.50 bits per heavy atom. The summed E-state index contributed by atoms with van der Waals surface area (Å²) in [6.45, 7) is 9.24. The van der Waals surface area contributed by atoms with E-state index in [2.05, 4.69) is 0 Å². The molecule has 0 spiro atoms. The third kappa shape index (κ3) is 0.992. The van der Waals surface area contributed by atoms with Crippen molar-refractivity contribution in [2.75, 3.05) is 0 Å². The molecule has 0 amide bonds. The van der Waals surface area contributed by atoms with Crippen LogP contribution in [0.25, 0.3) is 0 Å². The van der Waals surface area contributed by atoms with Crippen molar-refractivity contribution in [1.29, 1.82) is 0 Å². The summed E-state index contributed by atoms with van der Waals surface area (Å²) in [5, 5.41) is 21.8. The van der Waals surface area contributed by atoms with Gasteiger partial charge in [-0.05, 0) is 34.6 Å². The average molecular weight is 174 g/mol.